The fourth-order valence-electron chi connectivity index (χ4n) is 2.86. The summed E-state index contributed by atoms with van der Waals surface area (Å²) in [7, 11) is 1.21. The van der Waals surface area contributed by atoms with Crippen LogP contribution in [0.5, 0.6) is 0 Å². The van der Waals surface area contributed by atoms with E-state index in [0.717, 1.165) is 10.7 Å². The van der Waals surface area contributed by atoms with E-state index in [1.807, 2.05) is 0 Å². The van der Waals surface area contributed by atoms with E-state index in [9.17, 15) is 22.4 Å². The fourth-order valence-corrected chi connectivity index (χ4v) is 3.11. The highest BCUT2D eigenvalue weighted by atomic mass is 35.5. The number of hydrogen-bond acceptors (Lipinski definition) is 2. The Bertz CT molecular complexity index is 1030. The molecule has 0 spiro atoms. The Balaban J connectivity index is 2.39. The summed E-state index contributed by atoms with van der Waals surface area (Å²) in [4.78, 5) is 11.9. The van der Waals surface area contributed by atoms with Crippen LogP contribution in [0.25, 0.3) is 22.4 Å². The number of carbonyl (C=O) groups excluding carboxylic acids is 1. The van der Waals surface area contributed by atoms with Crippen LogP contribution in [-0.4, -0.2) is 15.7 Å². The summed E-state index contributed by atoms with van der Waals surface area (Å²) in [6, 6.07) is 7.58. The lowest BCUT2D eigenvalue weighted by molar-refractivity contribution is 0.0982. The van der Waals surface area contributed by atoms with E-state index in [4.69, 9.17) is 17.3 Å². The number of hydrogen-bond donors (Lipinski definition) is 1. The molecule has 4 nitrogen and oxygen atoms in total. The van der Waals surface area contributed by atoms with Gasteiger partial charge < -0.3 is 5.73 Å². The molecule has 0 bridgehead atoms. The molecule has 0 radical (unpaired) electrons. The maximum absolute atomic E-state index is 14.1. The first kappa shape index (κ1) is 18.9. The number of halogens is 5. The van der Waals surface area contributed by atoms with E-state index >= 15 is 0 Å². The van der Waals surface area contributed by atoms with Gasteiger partial charge in [0.25, 0.3) is 12.3 Å². The second kappa shape index (κ2) is 7.03. The predicted molar refractivity (Wildman–Crippen MR) is 92.5 cm³/mol. The van der Waals surface area contributed by atoms with E-state index in [0.29, 0.717) is 5.56 Å². The molecule has 0 aliphatic heterocycles. The van der Waals surface area contributed by atoms with Gasteiger partial charge in [0.05, 0.1) is 10.6 Å². The summed E-state index contributed by atoms with van der Waals surface area (Å²) in [5.41, 5.74) is 4.38. The van der Waals surface area contributed by atoms with Crippen molar-refractivity contribution >= 4 is 17.5 Å². The van der Waals surface area contributed by atoms with Crippen molar-refractivity contribution in [2.75, 3.05) is 0 Å². The molecule has 2 N–H and O–H groups in total. The van der Waals surface area contributed by atoms with Crippen molar-refractivity contribution in [3.05, 3.63) is 64.3 Å². The van der Waals surface area contributed by atoms with Crippen LogP contribution in [0.2, 0.25) is 5.02 Å². The molecular weight excluding hydrogens is 386 g/mol. The van der Waals surface area contributed by atoms with Gasteiger partial charge in [-0.15, -0.1) is 0 Å². The average Bonchev–Trinajstić information content (AvgIpc) is 2.95. The third-order valence-electron chi connectivity index (χ3n) is 4.03. The first-order chi connectivity index (χ1) is 12.7. The summed E-state index contributed by atoms with van der Waals surface area (Å²) in [6.45, 7) is 0. The summed E-state index contributed by atoms with van der Waals surface area (Å²) < 4.78 is 55.0. The van der Waals surface area contributed by atoms with Crippen LogP contribution in [0.15, 0.2) is 36.4 Å². The quantitative estimate of drug-likeness (QED) is 0.647. The van der Waals surface area contributed by atoms with Crippen LogP contribution in [-0.2, 0) is 7.05 Å². The lowest BCUT2D eigenvalue weighted by Gasteiger charge is -2.12. The van der Waals surface area contributed by atoms with E-state index < -0.39 is 40.2 Å². The third kappa shape index (κ3) is 3.28. The molecule has 27 heavy (non-hydrogen) atoms. The molecule has 0 atom stereocenters. The highest BCUT2D eigenvalue weighted by Gasteiger charge is 2.30. The Morgan fingerprint density at radius 1 is 1.15 bits per heavy atom. The Labute approximate surface area is 156 Å². The Morgan fingerprint density at radius 2 is 1.78 bits per heavy atom. The zero-order valence-corrected chi connectivity index (χ0v) is 14.6. The molecule has 9 heteroatoms. The summed E-state index contributed by atoms with van der Waals surface area (Å²) in [5, 5.41) is 3.52. The molecule has 1 amide bonds. The van der Waals surface area contributed by atoms with Gasteiger partial charge >= 0.3 is 0 Å². The molecule has 1 heterocycles. The van der Waals surface area contributed by atoms with Gasteiger partial charge in [-0.2, -0.15) is 5.10 Å². The zero-order chi connectivity index (χ0) is 19.9. The van der Waals surface area contributed by atoms with Crippen molar-refractivity contribution in [2.24, 2.45) is 12.8 Å². The van der Waals surface area contributed by atoms with E-state index in [2.05, 4.69) is 5.10 Å². The van der Waals surface area contributed by atoms with Gasteiger partial charge in [-0.25, -0.2) is 17.6 Å². The Kier molecular flexibility index (Phi) is 4.93. The minimum absolute atomic E-state index is 0.0837. The molecule has 0 unspecified atom stereocenters. The highest BCUT2D eigenvalue weighted by Crippen LogP contribution is 2.41. The SMILES string of the molecule is Cn1nc(-c2c(-c3ccc(F)cc3)ccc(F)c2Cl)c(C(N)=O)c1C(F)F. The van der Waals surface area contributed by atoms with Gasteiger partial charge in [0, 0.05) is 12.6 Å². The third-order valence-corrected chi connectivity index (χ3v) is 4.40. The molecule has 0 fully saturated rings. The molecule has 1 aromatic heterocycles. The van der Waals surface area contributed by atoms with E-state index in [-0.39, 0.29) is 16.8 Å². The highest BCUT2D eigenvalue weighted by molar-refractivity contribution is 6.34. The molecule has 0 aliphatic carbocycles. The van der Waals surface area contributed by atoms with Gasteiger partial charge in [-0.1, -0.05) is 29.8 Å². The maximum atomic E-state index is 14.1. The van der Waals surface area contributed by atoms with Gasteiger partial charge in [-0.3, -0.25) is 9.48 Å². The number of amides is 1. The number of carbonyl (C=O) groups is 1. The number of aryl methyl sites for hydroxylation is 1. The number of aromatic nitrogens is 2. The van der Waals surface area contributed by atoms with Crippen molar-refractivity contribution in [3.8, 4) is 22.4 Å². The molecule has 3 aromatic rings. The largest absolute Gasteiger partial charge is 0.365 e. The van der Waals surface area contributed by atoms with Crippen LogP contribution in [0, 0.1) is 11.6 Å². The monoisotopic (exact) mass is 397 g/mol. The minimum Gasteiger partial charge on any atom is -0.365 e. The summed E-state index contributed by atoms with van der Waals surface area (Å²) >= 11 is 6.09. The first-order valence-corrected chi connectivity index (χ1v) is 7.99. The van der Waals surface area contributed by atoms with Crippen molar-refractivity contribution in [1.82, 2.24) is 9.78 Å². The van der Waals surface area contributed by atoms with Crippen LogP contribution in [0.1, 0.15) is 22.5 Å². The average molecular weight is 398 g/mol. The summed E-state index contributed by atoms with van der Waals surface area (Å²) in [5.74, 6) is -2.49. The first-order valence-electron chi connectivity index (χ1n) is 7.61. The lowest BCUT2D eigenvalue weighted by atomic mass is 9.94. The molecule has 0 aliphatic rings. The van der Waals surface area contributed by atoms with Crippen molar-refractivity contribution in [1.29, 1.82) is 0 Å². The van der Waals surface area contributed by atoms with Gasteiger partial charge in [0.1, 0.15) is 23.0 Å². The molecule has 0 saturated carbocycles. The van der Waals surface area contributed by atoms with Crippen LogP contribution >= 0.6 is 11.6 Å². The van der Waals surface area contributed by atoms with Crippen molar-refractivity contribution < 1.29 is 22.4 Å². The van der Waals surface area contributed by atoms with Gasteiger partial charge in [0.15, 0.2) is 0 Å². The predicted octanol–water partition coefficient (Wildman–Crippen LogP) is 4.72. The van der Waals surface area contributed by atoms with Crippen molar-refractivity contribution in [3.63, 3.8) is 0 Å². The molecule has 3 rings (SSSR count). The number of benzene rings is 2. The van der Waals surface area contributed by atoms with Gasteiger partial charge in [0.2, 0.25) is 0 Å². The topological polar surface area (TPSA) is 60.9 Å². The zero-order valence-electron chi connectivity index (χ0n) is 13.8. The van der Waals surface area contributed by atoms with Crippen LogP contribution in [0.3, 0.4) is 0 Å². The molecular formula is C18H12ClF4N3O. The normalized spacial score (nSPS) is 11.2. The minimum atomic E-state index is -3.04. The van der Waals surface area contributed by atoms with Gasteiger partial charge in [-0.05, 0) is 29.3 Å². The second-order valence-electron chi connectivity index (χ2n) is 5.69. The number of nitrogens with zero attached hydrogens (tertiary/aromatic N) is 2. The smallest absolute Gasteiger partial charge is 0.280 e. The number of nitrogens with two attached hydrogens (primary N) is 1. The number of alkyl halides is 2. The fraction of sp³-hybridized carbons (Fsp3) is 0.111. The molecule has 0 saturated heterocycles. The Morgan fingerprint density at radius 3 is 2.33 bits per heavy atom. The maximum Gasteiger partial charge on any atom is 0.280 e. The molecule has 140 valence electrons. The summed E-state index contributed by atoms with van der Waals surface area (Å²) in [6.07, 6.45) is -3.04. The number of rotatable bonds is 4. The number of primary amides is 1. The lowest BCUT2D eigenvalue weighted by Crippen LogP contribution is -2.15. The second-order valence-corrected chi connectivity index (χ2v) is 6.07. The Hall–Kier alpha value is -2.87. The van der Waals surface area contributed by atoms with Crippen LogP contribution < -0.4 is 5.73 Å². The van der Waals surface area contributed by atoms with Crippen molar-refractivity contribution in [2.45, 2.75) is 6.43 Å². The molecule has 2 aromatic carbocycles. The standard InChI is InChI=1S/C18H12ClF4N3O/c1-26-16(17(22)23)13(18(24)27)15(25-26)12-10(6-7-11(21)14(12)19)8-2-4-9(20)5-3-8/h2-7,17H,1H3,(H2,24,27). The van der Waals surface area contributed by atoms with E-state index in [1.54, 1.807) is 0 Å². The van der Waals surface area contributed by atoms with Crippen LogP contribution in [0.4, 0.5) is 17.6 Å². The van der Waals surface area contributed by atoms with E-state index in [1.165, 1.54) is 37.4 Å².